The highest BCUT2D eigenvalue weighted by atomic mass is 19.1. The summed E-state index contributed by atoms with van der Waals surface area (Å²) in [4.78, 5) is 15.7. The number of nitrogens with zero attached hydrogens (tertiary/aromatic N) is 5. The van der Waals surface area contributed by atoms with E-state index < -0.39 is 6.17 Å². The van der Waals surface area contributed by atoms with Crippen LogP contribution in [0.3, 0.4) is 0 Å². The van der Waals surface area contributed by atoms with Gasteiger partial charge in [0.2, 0.25) is 0 Å². The third-order valence-electron chi connectivity index (χ3n) is 5.10. The number of ether oxygens (including phenoxy) is 1. The van der Waals surface area contributed by atoms with E-state index in [0.29, 0.717) is 24.4 Å². The van der Waals surface area contributed by atoms with Crippen LogP contribution in [0.25, 0.3) is 0 Å². The van der Waals surface area contributed by atoms with Gasteiger partial charge < -0.3 is 9.64 Å². The zero-order valence-electron chi connectivity index (χ0n) is 16.2. The summed E-state index contributed by atoms with van der Waals surface area (Å²) >= 11 is 0. The monoisotopic (exact) mass is 413 g/mol. The summed E-state index contributed by atoms with van der Waals surface area (Å²) < 4.78 is 32.5. The fourth-order valence-electron chi connectivity index (χ4n) is 3.52. The lowest BCUT2D eigenvalue weighted by molar-refractivity contribution is 0.0790. The maximum Gasteiger partial charge on any atom is 0.253 e. The van der Waals surface area contributed by atoms with E-state index in [1.54, 1.807) is 41.3 Å². The first-order valence-electron chi connectivity index (χ1n) is 9.71. The lowest BCUT2D eigenvalue weighted by atomic mass is 9.99. The number of likely N-dealkylation sites (tertiary alicyclic amines) is 1. The van der Waals surface area contributed by atoms with E-state index in [4.69, 9.17) is 4.74 Å². The molecule has 0 bridgehead atoms. The van der Waals surface area contributed by atoms with Gasteiger partial charge in [-0.25, -0.2) is 8.78 Å². The van der Waals surface area contributed by atoms with Gasteiger partial charge in [-0.1, -0.05) is 12.1 Å². The summed E-state index contributed by atoms with van der Waals surface area (Å²) in [7, 11) is 0. The molecule has 0 aliphatic carbocycles. The molecule has 0 N–H and O–H groups in total. The third-order valence-corrected chi connectivity index (χ3v) is 5.10. The van der Waals surface area contributed by atoms with Gasteiger partial charge in [0.05, 0.1) is 6.54 Å². The molecule has 9 heteroatoms. The molecule has 1 amide bonds. The lowest BCUT2D eigenvalue weighted by Gasteiger charge is -2.17. The Morgan fingerprint density at radius 1 is 1.17 bits per heavy atom. The first-order valence-corrected chi connectivity index (χ1v) is 9.71. The molecule has 7 nitrogen and oxygen atoms in total. The maximum atomic E-state index is 13.9. The van der Waals surface area contributed by atoms with Gasteiger partial charge in [0.25, 0.3) is 5.91 Å². The molecule has 2 heterocycles. The Labute approximate surface area is 172 Å². The fraction of sp³-hybridized carbons (Fsp3) is 0.333. The van der Waals surface area contributed by atoms with Crippen LogP contribution in [0.15, 0.2) is 54.9 Å². The molecular formula is C21H21F2N5O2. The van der Waals surface area contributed by atoms with Crippen LogP contribution in [0.4, 0.5) is 8.78 Å². The molecule has 156 valence electrons. The van der Waals surface area contributed by atoms with Crippen molar-refractivity contribution in [2.45, 2.75) is 25.1 Å². The topological polar surface area (TPSA) is 73.1 Å². The second-order valence-electron chi connectivity index (χ2n) is 7.21. The van der Waals surface area contributed by atoms with Crippen molar-refractivity contribution < 1.29 is 18.3 Å². The van der Waals surface area contributed by atoms with Gasteiger partial charge in [0, 0.05) is 24.6 Å². The quantitative estimate of drug-likeness (QED) is 0.596. The second kappa shape index (κ2) is 8.98. The van der Waals surface area contributed by atoms with Gasteiger partial charge in [-0.3, -0.25) is 4.79 Å². The number of hydrogen-bond acceptors (Lipinski definition) is 5. The van der Waals surface area contributed by atoms with E-state index in [1.165, 1.54) is 18.5 Å². The average molecular weight is 413 g/mol. The molecule has 0 spiro atoms. The summed E-state index contributed by atoms with van der Waals surface area (Å²) in [6.45, 7) is 1.06. The van der Waals surface area contributed by atoms with Gasteiger partial charge in [-0.05, 0) is 53.6 Å². The lowest BCUT2D eigenvalue weighted by Crippen LogP contribution is -2.28. The van der Waals surface area contributed by atoms with Gasteiger partial charge >= 0.3 is 0 Å². The molecule has 30 heavy (non-hydrogen) atoms. The standard InChI is InChI=1S/C21H21F2N5O2/c22-18-5-1-15(2-6-18)17-9-10-27(11-17)21(29)16-3-7-20(8-4-16)30-13-19(23)12-28-25-14-24-26-28/h1-8,14,17,19H,9-13H2/t17-,19?/m0/s1. The van der Waals surface area contributed by atoms with Crippen molar-refractivity contribution in [2.24, 2.45) is 0 Å². The molecule has 1 saturated heterocycles. The Kier molecular flexibility index (Phi) is 5.97. The van der Waals surface area contributed by atoms with E-state index in [0.717, 1.165) is 16.8 Å². The second-order valence-corrected chi connectivity index (χ2v) is 7.21. The number of halogens is 2. The molecule has 0 saturated carbocycles. The van der Waals surface area contributed by atoms with Crippen LogP contribution >= 0.6 is 0 Å². The first kappa shape index (κ1) is 19.9. The van der Waals surface area contributed by atoms with Crippen molar-refractivity contribution in [3.63, 3.8) is 0 Å². The minimum absolute atomic E-state index is 0.0409. The Morgan fingerprint density at radius 2 is 1.93 bits per heavy atom. The molecule has 1 unspecified atom stereocenters. The molecule has 1 fully saturated rings. The molecular weight excluding hydrogens is 392 g/mol. The summed E-state index contributed by atoms with van der Waals surface area (Å²) in [5.74, 6) is 0.359. The number of carbonyl (C=O) groups excluding carboxylic acids is 1. The van der Waals surface area contributed by atoms with Crippen LogP contribution in [0.5, 0.6) is 5.75 Å². The Balaban J connectivity index is 1.29. The SMILES string of the molecule is O=C(c1ccc(OCC(F)Cn2ncnn2)cc1)N1CC[C@H](c2ccc(F)cc2)C1. The number of amides is 1. The molecule has 0 radical (unpaired) electrons. The van der Waals surface area contributed by atoms with Gasteiger partial charge in [-0.15, -0.1) is 10.2 Å². The molecule has 1 aliphatic heterocycles. The molecule has 4 rings (SSSR count). The van der Waals surface area contributed by atoms with Crippen LogP contribution in [-0.4, -0.2) is 56.9 Å². The third kappa shape index (κ3) is 4.79. The van der Waals surface area contributed by atoms with Gasteiger partial charge in [-0.2, -0.15) is 4.80 Å². The van der Waals surface area contributed by atoms with Crippen molar-refractivity contribution in [1.29, 1.82) is 0 Å². The van der Waals surface area contributed by atoms with Crippen LogP contribution in [0.1, 0.15) is 28.3 Å². The fourth-order valence-corrected chi connectivity index (χ4v) is 3.52. The predicted molar refractivity (Wildman–Crippen MR) is 104 cm³/mol. The summed E-state index contributed by atoms with van der Waals surface area (Å²) in [6.07, 6.45) is 0.802. The summed E-state index contributed by atoms with van der Waals surface area (Å²) in [6, 6.07) is 13.1. The average Bonchev–Trinajstić information content (AvgIpc) is 3.45. The Bertz CT molecular complexity index is 964. The van der Waals surface area contributed by atoms with Crippen molar-refractivity contribution in [3.8, 4) is 5.75 Å². The highest BCUT2D eigenvalue weighted by molar-refractivity contribution is 5.94. The van der Waals surface area contributed by atoms with Crippen molar-refractivity contribution >= 4 is 5.91 Å². The summed E-state index contributed by atoms with van der Waals surface area (Å²) in [5, 5.41) is 10.9. The zero-order chi connectivity index (χ0) is 20.9. The molecule has 1 aliphatic rings. The van der Waals surface area contributed by atoms with Crippen LogP contribution in [-0.2, 0) is 6.54 Å². The Morgan fingerprint density at radius 3 is 2.63 bits per heavy atom. The highest BCUT2D eigenvalue weighted by Crippen LogP contribution is 2.28. The minimum atomic E-state index is -1.28. The van der Waals surface area contributed by atoms with Gasteiger partial charge in [0.15, 0.2) is 12.5 Å². The Hall–Kier alpha value is -3.36. The van der Waals surface area contributed by atoms with Crippen molar-refractivity contribution in [3.05, 3.63) is 71.8 Å². The molecule has 2 aromatic carbocycles. The van der Waals surface area contributed by atoms with E-state index in [2.05, 4.69) is 15.4 Å². The van der Waals surface area contributed by atoms with E-state index in [-0.39, 0.29) is 30.8 Å². The predicted octanol–water partition coefficient (Wildman–Crippen LogP) is 2.86. The van der Waals surface area contributed by atoms with Crippen molar-refractivity contribution in [2.75, 3.05) is 19.7 Å². The number of tetrazole rings is 1. The van der Waals surface area contributed by atoms with Crippen molar-refractivity contribution in [1.82, 2.24) is 25.1 Å². The molecule has 3 aromatic rings. The first-order chi connectivity index (χ1) is 14.6. The van der Waals surface area contributed by atoms with E-state index in [9.17, 15) is 13.6 Å². The zero-order valence-corrected chi connectivity index (χ0v) is 16.2. The smallest absolute Gasteiger partial charge is 0.253 e. The van der Waals surface area contributed by atoms with E-state index >= 15 is 0 Å². The summed E-state index contributed by atoms with van der Waals surface area (Å²) in [5.41, 5.74) is 1.59. The van der Waals surface area contributed by atoms with Crippen LogP contribution in [0, 0.1) is 5.82 Å². The molecule has 2 atom stereocenters. The number of rotatable bonds is 7. The largest absolute Gasteiger partial charge is 0.490 e. The molecule has 1 aromatic heterocycles. The maximum absolute atomic E-state index is 13.9. The van der Waals surface area contributed by atoms with Gasteiger partial charge in [0.1, 0.15) is 18.2 Å². The number of hydrogen-bond donors (Lipinski definition) is 0. The van der Waals surface area contributed by atoms with E-state index in [1.807, 2.05) is 0 Å². The minimum Gasteiger partial charge on any atom is -0.490 e. The number of aromatic nitrogens is 4. The number of benzene rings is 2. The van der Waals surface area contributed by atoms with Crippen LogP contribution < -0.4 is 4.74 Å². The van der Waals surface area contributed by atoms with Crippen LogP contribution in [0.2, 0.25) is 0 Å². The number of carbonyl (C=O) groups is 1. The highest BCUT2D eigenvalue weighted by Gasteiger charge is 2.28. The normalized spacial score (nSPS) is 17.1. The number of alkyl halides is 1.